The van der Waals surface area contributed by atoms with Gasteiger partial charge in [0.25, 0.3) is 5.91 Å². The summed E-state index contributed by atoms with van der Waals surface area (Å²) in [5.41, 5.74) is 2.36. The molecule has 39 heavy (non-hydrogen) atoms. The van der Waals surface area contributed by atoms with E-state index in [2.05, 4.69) is 10.6 Å². The lowest BCUT2D eigenvalue weighted by atomic mass is 9.90. The fraction of sp³-hybridized carbons (Fsp3) is 0.516. The molecule has 0 fully saturated rings. The molecule has 8 heteroatoms. The van der Waals surface area contributed by atoms with Crippen molar-refractivity contribution in [1.29, 1.82) is 0 Å². The van der Waals surface area contributed by atoms with E-state index < -0.39 is 35.2 Å². The normalized spacial score (nSPS) is 13.5. The largest absolute Gasteiger partial charge is 0.444 e. The van der Waals surface area contributed by atoms with E-state index in [1.807, 2.05) is 85.7 Å². The number of aryl methyl sites for hydroxylation is 2. The van der Waals surface area contributed by atoms with Gasteiger partial charge >= 0.3 is 6.09 Å². The van der Waals surface area contributed by atoms with E-state index in [1.54, 1.807) is 31.7 Å². The first kappa shape index (κ1) is 32.2. The smallest absolute Gasteiger partial charge is 0.408 e. The topological polar surface area (TPSA) is 87.7 Å². The summed E-state index contributed by atoms with van der Waals surface area (Å²) in [5, 5.41) is 6.16. The molecule has 2 atom stereocenters. The maximum Gasteiger partial charge on any atom is 0.408 e. The summed E-state index contributed by atoms with van der Waals surface area (Å²) >= 11 is 6.46. The van der Waals surface area contributed by atoms with E-state index in [0.29, 0.717) is 16.3 Å². The van der Waals surface area contributed by atoms with Crippen LogP contribution in [0.3, 0.4) is 0 Å². The predicted molar refractivity (Wildman–Crippen MR) is 158 cm³/mol. The van der Waals surface area contributed by atoms with Gasteiger partial charge in [-0.25, -0.2) is 4.79 Å². The number of carbonyl (C=O) groups excluding carboxylic acids is 3. The number of ether oxygens (including phenoxy) is 1. The molecule has 214 valence electrons. The van der Waals surface area contributed by atoms with Crippen molar-refractivity contribution in [2.24, 2.45) is 5.92 Å². The molecule has 2 rings (SSSR count). The Morgan fingerprint density at radius 1 is 0.897 bits per heavy atom. The first-order valence-electron chi connectivity index (χ1n) is 13.3. The highest BCUT2D eigenvalue weighted by molar-refractivity contribution is 6.34. The third kappa shape index (κ3) is 8.21. The number of halogens is 1. The fourth-order valence-corrected chi connectivity index (χ4v) is 4.66. The molecule has 2 aromatic rings. The van der Waals surface area contributed by atoms with E-state index in [-0.39, 0.29) is 11.8 Å². The van der Waals surface area contributed by atoms with E-state index in [1.165, 1.54) is 0 Å². The molecule has 2 aromatic carbocycles. The zero-order valence-corrected chi connectivity index (χ0v) is 25.9. The number of para-hydroxylation sites is 1. The number of amides is 3. The highest BCUT2D eigenvalue weighted by Gasteiger charge is 2.43. The van der Waals surface area contributed by atoms with Gasteiger partial charge in [0.1, 0.15) is 17.7 Å². The Labute approximate surface area is 238 Å². The molecule has 0 aliphatic heterocycles. The molecule has 0 aromatic heterocycles. The Hall–Kier alpha value is -3.06. The van der Waals surface area contributed by atoms with Crippen molar-refractivity contribution >= 4 is 35.2 Å². The summed E-state index contributed by atoms with van der Waals surface area (Å²) in [7, 11) is 0. The maximum absolute atomic E-state index is 14.4. The van der Waals surface area contributed by atoms with Gasteiger partial charge in [-0.05, 0) is 96.6 Å². The Bertz CT molecular complexity index is 1190. The lowest BCUT2D eigenvalue weighted by Crippen LogP contribution is -2.59. The average molecular weight is 558 g/mol. The van der Waals surface area contributed by atoms with Crippen LogP contribution >= 0.6 is 11.6 Å². The lowest BCUT2D eigenvalue weighted by Gasteiger charge is -2.44. The van der Waals surface area contributed by atoms with Crippen LogP contribution in [0.25, 0.3) is 0 Å². The van der Waals surface area contributed by atoms with Crippen LogP contribution in [0.15, 0.2) is 36.4 Å². The Balaban J connectivity index is 2.69. The second kappa shape index (κ2) is 12.4. The van der Waals surface area contributed by atoms with E-state index in [0.717, 1.165) is 16.7 Å². The van der Waals surface area contributed by atoms with Crippen LogP contribution in [-0.2, 0) is 14.3 Å². The molecule has 0 aliphatic carbocycles. The number of nitrogens with zero attached hydrogens (tertiary/aromatic N) is 1. The molecule has 3 amide bonds. The van der Waals surface area contributed by atoms with Gasteiger partial charge in [-0.15, -0.1) is 0 Å². The van der Waals surface area contributed by atoms with Crippen molar-refractivity contribution in [2.45, 2.75) is 99.4 Å². The van der Waals surface area contributed by atoms with Crippen LogP contribution in [-0.4, -0.2) is 40.0 Å². The summed E-state index contributed by atoms with van der Waals surface area (Å²) in [6.07, 6.45) is -0.692. The highest BCUT2D eigenvalue weighted by atomic mass is 35.5. The van der Waals surface area contributed by atoms with Crippen molar-refractivity contribution in [2.75, 3.05) is 5.32 Å². The number of hydrogen-bond donors (Lipinski definition) is 2. The molecule has 7 nitrogen and oxygen atoms in total. The van der Waals surface area contributed by atoms with Gasteiger partial charge in [-0.3, -0.25) is 9.59 Å². The van der Waals surface area contributed by atoms with Gasteiger partial charge in [0.05, 0.1) is 10.7 Å². The zero-order chi connectivity index (χ0) is 29.9. The van der Waals surface area contributed by atoms with Gasteiger partial charge in [0.2, 0.25) is 5.91 Å². The van der Waals surface area contributed by atoms with Crippen LogP contribution in [0.2, 0.25) is 5.02 Å². The molecule has 2 N–H and O–H groups in total. The molecule has 0 heterocycles. The van der Waals surface area contributed by atoms with Crippen molar-refractivity contribution in [3.8, 4) is 0 Å². The number of hydrogen-bond acceptors (Lipinski definition) is 4. The second-order valence-corrected chi connectivity index (χ2v) is 12.8. The quantitative estimate of drug-likeness (QED) is 0.379. The number of anilines is 1. The molecule has 2 unspecified atom stereocenters. The average Bonchev–Trinajstić information content (AvgIpc) is 2.77. The van der Waals surface area contributed by atoms with Crippen molar-refractivity contribution in [1.82, 2.24) is 10.2 Å². The van der Waals surface area contributed by atoms with Crippen LogP contribution in [0.4, 0.5) is 10.5 Å². The second-order valence-electron chi connectivity index (χ2n) is 12.4. The zero-order valence-electron chi connectivity index (χ0n) is 25.2. The molecular weight excluding hydrogens is 514 g/mol. The van der Waals surface area contributed by atoms with Crippen LogP contribution < -0.4 is 10.6 Å². The van der Waals surface area contributed by atoms with Gasteiger partial charge in [-0.2, -0.15) is 0 Å². The van der Waals surface area contributed by atoms with Crippen molar-refractivity contribution < 1.29 is 19.1 Å². The van der Waals surface area contributed by atoms with Crippen LogP contribution in [0.1, 0.15) is 83.7 Å². The predicted octanol–water partition coefficient (Wildman–Crippen LogP) is 7.12. The van der Waals surface area contributed by atoms with E-state index >= 15 is 0 Å². The fourth-order valence-electron chi connectivity index (χ4n) is 4.39. The maximum atomic E-state index is 14.4. The number of alkyl carbamates (subject to hydrolysis) is 1. The highest BCUT2D eigenvalue weighted by Crippen LogP contribution is 2.35. The lowest BCUT2D eigenvalue weighted by molar-refractivity contribution is -0.147. The molecule has 0 saturated heterocycles. The SMILES string of the molecule is Cc1cccc(C(C(=O)Nc2c(C)cccc2Cl)N(C(=O)C(NC(=O)OC(C)(C)C)C(C)C)C(C)(C)C)c1C. The van der Waals surface area contributed by atoms with Crippen molar-refractivity contribution in [3.05, 3.63) is 63.7 Å². The van der Waals surface area contributed by atoms with E-state index in [9.17, 15) is 14.4 Å². The monoisotopic (exact) mass is 557 g/mol. The standard InChI is InChI=1S/C31H44ClN3O4/c1-18(2)24(34-29(38)39-31(9,10)11)28(37)35(30(6,7)8)26(22-16-12-14-19(3)21(22)5)27(36)33-25-20(4)15-13-17-23(25)32/h12-18,24,26H,1-11H3,(H,33,36)(H,34,38). The summed E-state index contributed by atoms with van der Waals surface area (Å²) < 4.78 is 5.45. The molecule has 0 spiro atoms. The minimum atomic E-state index is -1.00. The minimum Gasteiger partial charge on any atom is -0.444 e. The number of nitrogens with one attached hydrogen (secondary N) is 2. The third-order valence-electron chi connectivity index (χ3n) is 6.48. The first-order chi connectivity index (χ1) is 17.8. The summed E-state index contributed by atoms with van der Waals surface area (Å²) in [5.74, 6) is -1.06. The minimum absolute atomic E-state index is 0.275. The summed E-state index contributed by atoms with van der Waals surface area (Å²) in [4.78, 5) is 42.9. The Morgan fingerprint density at radius 2 is 1.46 bits per heavy atom. The molecular formula is C31H44ClN3O4. The van der Waals surface area contributed by atoms with Crippen LogP contribution in [0.5, 0.6) is 0 Å². The Kier molecular flexibility index (Phi) is 10.2. The summed E-state index contributed by atoms with van der Waals surface area (Å²) in [6.45, 7) is 20.4. The number of rotatable bonds is 7. The van der Waals surface area contributed by atoms with Gasteiger partial charge in [-0.1, -0.05) is 55.8 Å². The van der Waals surface area contributed by atoms with Gasteiger partial charge < -0.3 is 20.3 Å². The molecule has 0 bridgehead atoms. The third-order valence-corrected chi connectivity index (χ3v) is 6.80. The number of benzene rings is 2. The number of carbonyl (C=O) groups is 3. The van der Waals surface area contributed by atoms with Gasteiger partial charge in [0, 0.05) is 5.54 Å². The van der Waals surface area contributed by atoms with E-state index in [4.69, 9.17) is 16.3 Å². The molecule has 0 saturated carbocycles. The first-order valence-corrected chi connectivity index (χ1v) is 13.7. The van der Waals surface area contributed by atoms with Gasteiger partial charge in [0.15, 0.2) is 0 Å². The molecule has 0 radical (unpaired) electrons. The molecule has 0 aliphatic rings. The summed E-state index contributed by atoms with van der Waals surface area (Å²) in [6, 6.07) is 9.17. The Morgan fingerprint density at radius 3 is 1.97 bits per heavy atom. The van der Waals surface area contributed by atoms with Crippen LogP contribution in [0, 0.1) is 26.7 Å². The van der Waals surface area contributed by atoms with Crippen molar-refractivity contribution in [3.63, 3.8) is 0 Å².